The Kier molecular flexibility index (Phi) is 17.1. The minimum atomic E-state index is -4.28. The van der Waals surface area contributed by atoms with Crippen LogP contribution in [0.15, 0.2) is 54.6 Å². The lowest BCUT2D eigenvalue weighted by molar-refractivity contribution is -0.141. The minimum absolute atomic E-state index is 0. The van der Waals surface area contributed by atoms with Crippen LogP contribution in [0.4, 0.5) is 0 Å². The van der Waals surface area contributed by atoms with Gasteiger partial charge >= 0.3 is 5.97 Å². The van der Waals surface area contributed by atoms with Gasteiger partial charge in [0.15, 0.2) is 11.6 Å². The van der Waals surface area contributed by atoms with E-state index in [0.29, 0.717) is 18.3 Å². The number of ketones is 2. The number of carbonyl (C=O) groups excluding carboxylic acids is 5. The fourth-order valence-electron chi connectivity index (χ4n) is 4.03. The summed E-state index contributed by atoms with van der Waals surface area (Å²) in [4.78, 5) is 77.7. The molecule has 0 saturated carbocycles. The van der Waals surface area contributed by atoms with Crippen LogP contribution in [0.1, 0.15) is 30.0 Å². The number of nitrogens with one attached hydrogen (secondary N) is 4. The molecule has 46 heavy (non-hydrogen) atoms. The second-order valence-electron chi connectivity index (χ2n) is 10.1. The van der Waals surface area contributed by atoms with Crippen molar-refractivity contribution in [3.05, 3.63) is 71.3 Å². The summed E-state index contributed by atoms with van der Waals surface area (Å²) in [5.74, 6) is -4.73. The summed E-state index contributed by atoms with van der Waals surface area (Å²) in [5, 5.41) is 16.9. The lowest BCUT2D eigenvalue weighted by atomic mass is 10.00. The zero-order chi connectivity index (χ0) is 33.4. The maximum atomic E-state index is 13.3. The molecule has 0 saturated heterocycles. The van der Waals surface area contributed by atoms with Crippen molar-refractivity contribution in [3.63, 3.8) is 0 Å². The predicted molar refractivity (Wildman–Crippen MR) is 164 cm³/mol. The van der Waals surface area contributed by atoms with Crippen molar-refractivity contribution < 1.29 is 51.7 Å². The van der Waals surface area contributed by atoms with Gasteiger partial charge in [-0.25, -0.2) is 0 Å². The molecule has 16 nitrogen and oxygen atoms in total. The Hall–Kier alpha value is -4.39. The Morgan fingerprint density at radius 3 is 2.04 bits per heavy atom. The molecule has 0 radical (unpaired) electrons. The fourth-order valence-corrected chi connectivity index (χ4v) is 4.64. The third-order valence-electron chi connectivity index (χ3n) is 6.16. The topological polar surface area (TPSA) is 269 Å². The number of carbonyl (C=O) groups is 6. The van der Waals surface area contributed by atoms with Crippen molar-refractivity contribution >= 4 is 45.8 Å². The molecule has 2 amide bonds. The second-order valence-corrected chi connectivity index (χ2v) is 11.6. The maximum Gasteiger partial charge on any atom is 0.305 e. The van der Waals surface area contributed by atoms with Gasteiger partial charge in [0.1, 0.15) is 24.7 Å². The highest BCUT2D eigenvalue weighted by molar-refractivity contribution is 7.85. The number of rotatable bonds is 21. The Labute approximate surface area is 265 Å². The number of amides is 2. The van der Waals surface area contributed by atoms with E-state index in [2.05, 4.69) is 21.4 Å². The molecule has 0 bridgehead atoms. The average Bonchev–Trinajstić information content (AvgIpc) is 2.97. The van der Waals surface area contributed by atoms with Crippen LogP contribution in [0.25, 0.3) is 0 Å². The van der Waals surface area contributed by atoms with Gasteiger partial charge in [-0.05, 0) is 36.5 Å². The van der Waals surface area contributed by atoms with E-state index in [1.807, 2.05) is 18.2 Å². The third-order valence-corrected chi connectivity index (χ3v) is 6.86. The van der Waals surface area contributed by atoms with Crippen molar-refractivity contribution in [1.29, 1.82) is 0 Å². The summed E-state index contributed by atoms with van der Waals surface area (Å²) in [7, 11) is -4.28. The monoisotopic (exact) mass is 665 g/mol. The number of carboxylic acid groups (broad SMARTS) is 1. The summed E-state index contributed by atoms with van der Waals surface area (Å²) in [5.41, 5.74) is 3.82. The van der Waals surface area contributed by atoms with Crippen LogP contribution in [0, 0.1) is 0 Å². The summed E-state index contributed by atoms with van der Waals surface area (Å²) < 4.78 is 31.5. The zero-order valence-electron chi connectivity index (χ0n) is 25.1. The molecule has 0 heterocycles. The molecule has 0 aromatic heterocycles. The maximum absolute atomic E-state index is 13.3. The molecular weight excluding hydrogens is 626 g/mol. The first kappa shape index (κ1) is 39.6. The first-order chi connectivity index (χ1) is 21.3. The van der Waals surface area contributed by atoms with Crippen molar-refractivity contribution in [2.45, 2.75) is 50.1 Å². The standard InChI is InChI=1S/C29H36N4O11S.H3N/c1-19(35)17-44-31-15-27(37)32-25(13-28(38)39)29(40)33-24(12-21-7-9-22(10-8-21)18-45(41,42)43)26(36)14-30-23(16-34)11-20-5-3-2-4-6-20;/h2-10,16,23-25,30-31H,11-15,17-18H2,1H3,(H,32,37)(H,33,40)(H,38,39)(H,41,42,43);1H3/t23-,24-,25-;/m0./s1. The molecule has 0 aliphatic heterocycles. The molecule has 2 aromatic rings. The Morgan fingerprint density at radius 1 is 0.870 bits per heavy atom. The SMILES string of the molecule is CC(=O)CONCC(=O)N[C@@H](CC(=O)O)C(=O)N[C@@H](Cc1ccc(CS(=O)(=O)O)cc1)C(=O)CN[C@H](C=O)Cc1ccccc1.N. The number of hydroxylamine groups is 1. The van der Waals surface area contributed by atoms with Gasteiger partial charge in [0.2, 0.25) is 11.8 Å². The van der Waals surface area contributed by atoms with E-state index in [0.717, 1.165) is 5.56 Å². The quantitative estimate of drug-likeness (QED) is 0.0376. The number of Topliss-reactive ketones (excluding diaryl/α,β-unsaturated/α-hetero) is 2. The van der Waals surface area contributed by atoms with Crippen LogP contribution in [-0.4, -0.2) is 91.5 Å². The molecule has 0 aliphatic rings. The van der Waals surface area contributed by atoms with Gasteiger partial charge in [0.05, 0.1) is 31.6 Å². The number of benzene rings is 2. The van der Waals surface area contributed by atoms with Gasteiger partial charge in [0.25, 0.3) is 10.1 Å². The number of aliphatic carboxylic acids is 1. The lowest BCUT2D eigenvalue weighted by Gasteiger charge is -2.23. The molecule has 0 fully saturated rings. The number of hydrogen-bond donors (Lipinski definition) is 7. The molecule has 2 rings (SSSR count). The average molecular weight is 666 g/mol. The van der Waals surface area contributed by atoms with Gasteiger partial charge in [-0.1, -0.05) is 54.6 Å². The number of carboxylic acids is 1. The van der Waals surface area contributed by atoms with Crippen molar-refractivity contribution in [1.82, 2.24) is 27.6 Å². The largest absolute Gasteiger partial charge is 0.481 e. The van der Waals surface area contributed by atoms with E-state index in [9.17, 15) is 42.3 Å². The highest BCUT2D eigenvalue weighted by Gasteiger charge is 2.29. The fraction of sp³-hybridized carbons (Fsp3) is 0.379. The van der Waals surface area contributed by atoms with Crippen LogP contribution in [0.5, 0.6) is 0 Å². The second kappa shape index (κ2) is 19.9. The van der Waals surface area contributed by atoms with E-state index in [4.69, 9.17) is 9.39 Å². The normalized spacial score (nSPS) is 12.9. The molecular formula is C29H39N5O11S. The highest BCUT2D eigenvalue weighted by Crippen LogP contribution is 2.11. The number of hydrogen-bond acceptors (Lipinski definition) is 12. The molecule has 9 N–H and O–H groups in total. The first-order valence-electron chi connectivity index (χ1n) is 13.7. The molecule has 2 aromatic carbocycles. The third kappa shape index (κ3) is 16.1. The van der Waals surface area contributed by atoms with Crippen LogP contribution in [-0.2, 0) is 62.3 Å². The molecule has 252 valence electrons. The van der Waals surface area contributed by atoms with Gasteiger partial charge in [-0.2, -0.15) is 13.9 Å². The van der Waals surface area contributed by atoms with Crippen molar-refractivity contribution in [2.75, 3.05) is 19.7 Å². The van der Waals surface area contributed by atoms with Crippen molar-refractivity contribution in [3.8, 4) is 0 Å². The van der Waals surface area contributed by atoms with Crippen LogP contribution >= 0.6 is 0 Å². The van der Waals surface area contributed by atoms with E-state index in [-0.39, 0.29) is 37.1 Å². The molecule has 3 atom stereocenters. The lowest BCUT2D eigenvalue weighted by Crippen LogP contribution is -2.55. The molecule has 0 unspecified atom stereocenters. The van der Waals surface area contributed by atoms with Crippen LogP contribution in [0.2, 0.25) is 0 Å². The first-order valence-corrected chi connectivity index (χ1v) is 15.3. The van der Waals surface area contributed by atoms with Crippen LogP contribution in [0.3, 0.4) is 0 Å². The summed E-state index contributed by atoms with van der Waals surface area (Å²) in [6, 6.07) is 11.3. The van der Waals surface area contributed by atoms with E-state index in [1.54, 1.807) is 12.1 Å². The predicted octanol–water partition coefficient (Wildman–Crippen LogP) is -0.698. The highest BCUT2D eigenvalue weighted by atomic mass is 32.2. The van der Waals surface area contributed by atoms with Gasteiger partial charge < -0.3 is 32.0 Å². The summed E-state index contributed by atoms with van der Waals surface area (Å²) >= 11 is 0. The molecule has 0 spiro atoms. The smallest absolute Gasteiger partial charge is 0.305 e. The van der Waals surface area contributed by atoms with Gasteiger partial charge in [-0.3, -0.25) is 33.4 Å². The van der Waals surface area contributed by atoms with Crippen molar-refractivity contribution in [2.24, 2.45) is 0 Å². The van der Waals surface area contributed by atoms with E-state index >= 15 is 0 Å². The molecule has 0 aliphatic carbocycles. The van der Waals surface area contributed by atoms with E-state index < -0.39 is 70.5 Å². The number of aldehydes is 1. The van der Waals surface area contributed by atoms with Crippen LogP contribution < -0.4 is 27.6 Å². The Morgan fingerprint density at radius 2 is 1.48 bits per heavy atom. The minimum Gasteiger partial charge on any atom is -0.481 e. The van der Waals surface area contributed by atoms with E-state index in [1.165, 1.54) is 31.2 Å². The zero-order valence-corrected chi connectivity index (χ0v) is 26.0. The Bertz CT molecular complexity index is 1440. The summed E-state index contributed by atoms with van der Waals surface area (Å²) in [6.07, 6.45) is 0.00579. The summed E-state index contributed by atoms with van der Waals surface area (Å²) in [6.45, 7) is 0.0819. The molecule has 17 heteroatoms. The van der Waals surface area contributed by atoms with Gasteiger partial charge in [-0.15, -0.1) is 0 Å². The van der Waals surface area contributed by atoms with Gasteiger partial charge in [0, 0.05) is 0 Å². The Balaban J connectivity index is 0.0000106.